The molecule has 0 radical (unpaired) electrons. The average Bonchev–Trinajstić information content (AvgIpc) is 3.98. The summed E-state index contributed by atoms with van der Waals surface area (Å²) < 4.78 is 0.669. The first-order valence-corrected chi connectivity index (χ1v) is 17.6. The standard InChI is InChI=1S/C44H28BrClN4/c45-44-41-39(29-17-9-3-10-18-29)35-25-23-33(48-35)37(27-13-5-1-6-14-27)31-21-22-32(47-31)38(28-15-7-2-8-16-28)34-24-26-36(49-34)40(43(50-44)42(41)46)30-19-11-4-12-20-30/h1-26,48-49H. The summed E-state index contributed by atoms with van der Waals surface area (Å²) in [6, 6.07) is 50.0. The molecule has 0 amide bonds. The van der Waals surface area contributed by atoms with Crippen LogP contribution in [0.25, 0.3) is 78.7 Å². The summed E-state index contributed by atoms with van der Waals surface area (Å²) >= 11 is 11.4. The molecule has 4 aromatic carbocycles. The van der Waals surface area contributed by atoms with Gasteiger partial charge in [0.25, 0.3) is 0 Å². The third kappa shape index (κ3) is 5.23. The maximum atomic E-state index is 7.54. The highest BCUT2D eigenvalue weighted by Crippen LogP contribution is 2.47. The summed E-state index contributed by atoms with van der Waals surface area (Å²) in [5.41, 5.74) is 15.0. The highest BCUT2D eigenvalue weighted by atomic mass is 79.9. The predicted molar refractivity (Wildman–Crippen MR) is 214 cm³/mol. The third-order valence-corrected chi connectivity index (χ3v) is 10.1. The van der Waals surface area contributed by atoms with E-state index in [1.54, 1.807) is 0 Å². The molecule has 0 unspecified atom stereocenters. The van der Waals surface area contributed by atoms with E-state index in [2.05, 4.69) is 135 Å². The molecule has 238 valence electrons. The molecule has 5 heterocycles. The predicted octanol–water partition coefficient (Wildman–Crippen LogP) is 12.9. The van der Waals surface area contributed by atoms with E-state index >= 15 is 0 Å². The van der Waals surface area contributed by atoms with Crippen LogP contribution in [-0.4, -0.2) is 19.6 Å². The lowest BCUT2D eigenvalue weighted by Gasteiger charge is -2.08. The Balaban J connectivity index is 1.53. The van der Waals surface area contributed by atoms with Gasteiger partial charge in [-0.15, -0.1) is 0 Å². The first-order valence-electron chi connectivity index (χ1n) is 16.4. The molecule has 7 aromatic rings. The van der Waals surface area contributed by atoms with Crippen molar-refractivity contribution < 1.29 is 0 Å². The Morgan fingerprint density at radius 1 is 0.420 bits per heavy atom. The minimum Gasteiger partial charge on any atom is -0.354 e. The van der Waals surface area contributed by atoms with Crippen LogP contribution in [0.2, 0.25) is 5.02 Å². The van der Waals surface area contributed by atoms with Crippen LogP contribution in [-0.2, 0) is 0 Å². The van der Waals surface area contributed by atoms with Crippen LogP contribution >= 0.6 is 27.5 Å². The largest absolute Gasteiger partial charge is 0.354 e. The van der Waals surface area contributed by atoms with Crippen molar-refractivity contribution in [1.29, 1.82) is 0 Å². The van der Waals surface area contributed by atoms with Crippen LogP contribution in [0.4, 0.5) is 5.69 Å². The smallest absolute Gasteiger partial charge is 0.116 e. The summed E-state index contributed by atoms with van der Waals surface area (Å²) in [5, 5.41) is 0.564. The van der Waals surface area contributed by atoms with Crippen LogP contribution in [0.1, 0.15) is 17.0 Å². The number of nitrogens with one attached hydrogen (secondary N) is 2. The Labute approximate surface area is 302 Å². The molecular formula is C44H28BrClN4. The fourth-order valence-corrected chi connectivity index (χ4v) is 7.97. The second kappa shape index (κ2) is 12.6. The van der Waals surface area contributed by atoms with Gasteiger partial charge < -0.3 is 9.97 Å². The molecule has 2 aliphatic heterocycles. The van der Waals surface area contributed by atoms with E-state index in [9.17, 15) is 0 Å². The van der Waals surface area contributed by atoms with Crippen molar-refractivity contribution in [3.63, 3.8) is 0 Å². The fraction of sp³-hybridized carbons (Fsp3) is 0. The topological polar surface area (TPSA) is 56.8 Å². The molecule has 0 saturated carbocycles. The molecule has 2 N–H and O–H groups in total. The second-order valence-electron chi connectivity index (χ2n) is 12.2. The van der Waals surface area contributed by atoms with E-state index in [0.29, 0.717) is 15.3 Å². The number of hydrogen-bond donors (Lipinski definition) is 2. The van der Waals surface area contributed by atoms with Crippen molar-refractivity contribution in [1.82, 2.24) is 15.0 Å². The molecule has 2 aliphatic rings. The van der Waals surface area contributed by atoms with E-state index in [0.717, 1.165) is 83.5 Å². The Morgan fingerprint density at radius 3 is 1.22 bits per heavy atom. The van der Waals surface area contributed by atoms with E-state index in [1.165, 1.54) is 0 Å². The average molecular weight is 728 g/mol. The van der Waals surface area contributed by atoms with Crippen molar-refractivity contribution >= 4 is 72.1 Å². The lowest BCUT2D eigenvalue weighted by molar-refractivity contribution is 1.32. The van der Waals surface area contributed by atoms with Gasteiger partial charge in [-0.05, 0) is 74.6 Å². The summed E-state index contributed by atoms with van der Waals surface area (Å²) in [7, 11) is 0. The number of hydrogen-bond acceptors (Lipinski definition) is 2. The molecule has 50 heavy (non-hydrogen) atoms. The molecule has 0 fully saturated rings. The van der Waals surface area contributed by atoms with E-state index in [1.807, 2.05) is 48.5 Å². The van der Waals surface area contributed by atoms with Crippen molar-refractivity contribution in [2.45, 2.75) is 0 Å². The van der Waals surface area contributed by atoms with Gasteiger partial charge in [-0.3, -0.25) is 0 Å². The zero-order valence-electron chi connectivity index (χ0n) is 26.7. The van der Waals surface area contributed by atoms with Crippen molar-refractivity contribution in [2.24, 2.45) is 4.99 Å². The number of aromatic amines is 2. The van der Waals surface area contributed by atoms with E-state index < -0.39 is 0 Å². The Hall–Kier alpha value is -5.75. The monoisotopic (exact) mass is 726 g/mol. The van der Waals surface area contributed by atoms with Crippen LogP contribution < -0.4 is 0 Å². The lowest BCUT2D eigenvalue weighted by atomic mass is 10.0. The highest BCUT2D eigenvalue weighted by molar-refractivity contribution is 9.18. The number of fused-ring (bicyclic) bond motifs is 8. The lowest BCUT2D eigenvalue weighted by Crippen LogP contribution is -1.92. The Morgan fingerprint density at radius 2 is 0.780 bits per heavy atom. The molecule has 3 aromatic heterocycles. The molecule has 0 atom stereocenters. The van der Waals surface area contributed by atoms with Crippen molar-refractivity contribution in [2.75, 3.05) is 0 Å². The first-order chi connectivity index (χ1) is 24.6. The summed E-state index contributed by atoms with van der Waals surface area (Å²) in [6.45, 7) is 0. The molecule has 9 rings (SSSR count). The minimum absolute atomic E-state index is 0.564. The summed E-state index contributed by atoms with van der Waals surface area (Å²) in [6.07, 6.45) is 4.23. The van der Waals surface area contributed by atoms with Crippen molar-refractivity contribution in [3.05, 3.63) is 168 Å². The fourth-order valence-electron chi connectivity index (χ4n) is 6.96. The molecular weight excluding hydrogens is 700 g/mol. The van der Waals surface area contributed by atoms with Gasteiger partial charge >= 0.3 is 0 Å². The number of rotatable bonds is 4. The van der Waals surface area contributed by atoms with Crippen molar-refractivity contribution in [3.8, 4) is 44.5 Å². The van der Waals surface area contributed by atoms with E-state index in [-0.39, 0.29) is 0 Å². The second-order valence-corrected chi connectivity index (χ2v) is 13.3. The Bertz CT molecular complexity index is 2640. The minimum atomic E-state index is 0.564. The maximum absolute atomic E-state index is 7.54. The van der Waals surface area contributed by atoms with E-state index in [4.69, 9.17) is 21.6 Å². The quantitative estimate of drug-likeness (QED) is 0.186. The van der Waals surface area contributed by atoms with Crippen LogP contribution in [0.3, 0.4) is 0 Å². The number of benzene rings is 4. The van der Waals surface area contributed by atoms with Gasteiger partial charge in [0.05, 0.1) is 22.1 Å². The van der Waals surface area contributed by atoms with Gasteiger partial charge in [-0.25, -0.2) is 9.98 Å². The first kappa shape index (κ1) is 30.3. The van der Waals surface area contributed by atoms with Crippen LogP contribution in [0.5, 0.6) is 0 Å². The van der Waals surface area contributed by atoms with Gasteiger partial charge in [-0.2, -0.15) is 0 Å². The van der Waals surface area contributed by atoms with Gasteiger partial charge in [-0.1, -0.05) is 133 Å². The molecule has 0 aliphatic carbocycles. The van der Waals surface area contributed by atoms with Crippen LogP contribution in [0, 0.1) is 0 Å². The van der Waals surface area contributed by atoms with Gasteiger partial charge in [0, 0.05) is 49.9 Å². The molecule has 0 saturated heterocycles. The molecule has 4 nitrogen and oxygen atoms in total. The summed E-state index contributed by atoms with van der Waals surface area (Å²) in [4.78, 5) is 18.1. The maximum Gasteiger partial charge on any atom is 0.116 e. The van der Waals surface area contributed by atoms with Gasteiger partial charge in [0.15, 0.2) is 0 Å². The number of nitrogens with zero attached hydrogens (tertiary/aromatic N) is 2. The SMILES string of the molecule is Clc1c2c(-c3ccccc3)c3ccc([nH]3)c(-c3ccccc3)c3nc(c(-c4ccccc4)c4ccc([nH]4)c(-c4ccccc4)c1C(Br)=N2)C=C3. The normalized spacial score (nSPS) is 12.2. The zero-order valence-corrected chi connectivity index (χ0v) is 29.0. The van der Waals surface area contributed by atoms with Crippen LogP contribution in [0.15, 0.2) is 151 Å². The summed E-state index contributed by atoms with van der Waals surface area (Å²) in [5.74, 6) is 0. The molecule has 0 spiro atoms. The zero-order chi connectivity index (χ0) is 33.6. The third-order valence-electron chi connectivity index (χ3n) is 9.18. The highest BCUT2D eigenvalue weighted by Gasteiger charge is 2.25. The van der Waals surface area contributed by atoms with Gasteiger partial charge in [0.1, 0.15) is 4.62 Å². The van der Waals surface area contributed by atoms with Gasteiger partial charge in [0.2, 0.25) is 0 Å². The molecule has 6 heteroatoms. The Kier molecular flexibility index (Phi) is 7.65. The number of aliphatic imine (C=N–C) groups is 1. The number of halogens is 2. The molecule has 8 bridgehead atoms. The number of H-pyrrole nitrogens is 2. The number of aromatic nitrogens is 3.